The lowest BCUT2D eigenvalue weighted by Gasteiger charge is -2.21. The zero-order chi connectivity index (χ0) is 26.7. The maximum Gasteiger partial charge on any atom is 0.339 e. The van der Waals surface area contributed by atoms with E-state index in [-0.39, 0.29) is 34.4 Å². The van der Waals surface area contributed by atoms with Crippen LogP contribution in [0, 0.1) is 0 Å². The second-order valence-corrected chi connectivity index (χ2v) is 9.58. The molecule has 4 aromatic rings. The molecule has 0 heterocycles. The smallest absolute Gasteiger partial charge is 0.339 e. The predicted octanol–water partition coefficient (Wildman–Crippen LogP) is 6.44. The lowest BCUT2D eigenvalue weighted by molar-refractivity contribution is -0.268. The Hall–Kier alpha value is -4.06. The molecule has 6 nitrogen and oxygen atoms in total. The van der Waals surface area contributed by atoms with E-state index in [0.717, 1.165) is 49.7 Å². The van der Waals surface area contributed by atoms with Gasteiger partial charge in [0.2, 0.25) is 0 Å². The van der Waals surface area contributed by atoms with Crippen LogP contribution in [0.1, 0.15) is 82.5 Å². The highest BCUT2D eigenvalue weighted by molar-refractivity contribution is 6.04. The molecule has 3 N–H and O–H groups in total. The zero-order valence-electron chi connectivity index (χ0n) is 21.1. The summed E-state index contributed by atoms with van der Waals surface area (Å²) in [6.07, 6.45) is 5.63. The molecule has 192 valence electrons. The van der Waals surface area contributed by atoms with Crippen LogP contribution in [-0.4, -0.2) is 27.3 Å². The minimum atomic E-state index is -1.36. The molecule has 0 fully saturated rings. The third kappa shape index (κ3) is 5.24. The average molecular weight is 500 g/mol. The number of carbonyl (C=O) groups is 2. The second-order valence-electron chi connectivity index (χ2n) is 9.58. The van der Waals surface area contributed by atoms with Crippen LogP contribution in [-0.2, 0) is 19.3 Å². The molecular weight excluding hydrogens is 468 g/mol. The fraction of sp³-hybridized carbons (Fsp3) is 0.290. The number of benzene rings is 4. The van der Waals surface area contributed by atoms with Gasteiger partial charge in [-0.25, -0.2) is 9.59 Å². The number of rotatable bonds is 10. The maximum atomic E-state index is 13.0. The van der Waals surface area contributed by atoms with Gasteiger partial charge in [-0.05, 0) is 75.5 Å². The number of phenols is 1. The summed E-state index contributed by atoms with van der Waals surface area (Å²) in [5, 5.41) is 46.1. The summed E-state index contributed by atoms with van der Waals surface area (Å²) in [5.41, 5.74) is 2.00. The highest BCUT2D eigenvalue weighted by Crippen LogP contribution is 2.37. The number of fused-ring (bicyclic) bond motifs is 2. The van der Waals surface area contributed by atoms with Crippen molar-refractivity contribution in [2.45, 2.75) is 58.8 Å². The highest BCUT2D eigenvalue weighted by Gasteiger charge is 2.23. The molecule has 4 rings (SSSR count). The van der Waals surface area contributed by atoms with Gasteiger partial charge < -0.3 is 20.4 Å². The number of hydrogen-bond acceptors (Lipinski definition) is 4. The lowest BCUT2D eigenvalue weighted by Crippen LogP contribution is -2.12. The molecule has 0 radical (unpaired) electrons. The third-order valence-electron chi connectivity index (χ3n) is 6.99. The number of unbranched alkanes of at least 4 members (excludes halogenated alkanes) is 2. The maximum absolute atomic E-state index is 13.0. The normalized spacial score (nSPS) is 11.3. The number of carboxylic acid groups (broad SMARTS) is 2. The van der Waals surface area contributed by atoms with E-state index in [2.05, 4.69) is 13.8 Å². The summed E-state index contributed by atoms with van der Waals surface area (Å²) in [7, 11) is 0. The highest BCUT2D eigenvalue weighted by atomic mass is 16.4. The molecule has 0 aliphatic rings. The first kappa shape index (κ1) is 26.0. The Morgan fingerprint density at radius 1 is 0.730 bits per heavy atom. The van der Waals surface area contributed by atoms with Crippen molar-refractivity contribution in [1.82, 2.24) is 0 Å². The summed E-state index contributed by atoms with van der Waals surface area (Å²) in [6, 6.07) is 14.1. The quantitative estimate of drug-likeness (QED) is 0.231. The Bertz CT molecular complexity index is 1390. The van der Waals surface area contributed by atoms with E-state index in [0.29, 0.717) is 21.5 Å². The predicted molar refractivity (Wildman–Crippen MR) is 143 cm³/mol. The molecule has 0 aliphatic carbocycles. The first-order valence-corrected chi connectivity index (χ1v) is 12.7. The summed E-state index contributed by atoms with van der Waals surface area (Å²) >= 11 is 0. The molecule has 0 bridgehead atoms. The zero-order valence-corrected chi connectivity index (χ0v) is 21.1. The summed E-state index contributed by atoms with van der Waals surface area (Å²) in [4.78, 5) is 24.5. The molecule has 0 aliphatic heterocycles. The van der Waals surface area contributed by atoms with E-state index in [1.165, 1.54) is 12.1 Å². The SMILES string of the molecule is CCCCc1ccc2c(Cc3c(C(=O)O)c(O)cc4cc(CCCC)ccc34)c(C(=O)O)c([O-])cc2c1. The van der Waals surface area contributed by atoms with E-state index < -0.39 is 17.7 Å². The Morgan fingerprint density at radius 2 is 1.22 bits per heavy atom. The number of hydrogen-bond donors (Lipinski definition) is 3. The van der Waals surface area contributed by atoms with Crippen molar-refractivity contribution in [3.63, 3.8) is 0 Å². The van der Waals surface area contributed by atoms with Crippen molar-refractivity contribution in [2.75, 3.05) is 0 Å². The molecule has 0 saturated carbocycles. The van der Waals surface area contributed by atoms with Gasteiger partial charge in [-0.3, -0.25) is 0 Å². The molecule has 0 saturated heterocycles. The second kappa shape index (κ2) is 10.9. The largest absolute Gasteiger partial charge is 0.872 e. The Kier molecular flexibility index (Phi) is 7.67. The van der Waals surface area contributed by atoms with E-state index >= 15 is 0 Å². The first-order chi connectivity index (χ1) is 17.7. The van der Waals surface area contributed by atoms with Crippen LogP contribution in [0.25, 0.3) is 21.5 Å². The fourth-order valence-electron chi connectivity index (χ4n) is 5.11. The van der Waals surface area contributed by atoms with Gasteiger partial charge in [-0.2, -0.15) is 0 Å². The summed E-state index contributed by atoms with van der Waals surface area (Å²) in [5.74, 6) is -3.68. The van der Waals surface area contributed by atoms with Crippen LogP contribution in [0.3, 0.4) is 0 Å². The van der Waals surface area contributed by atoms with Gasteiger partial charge in [0.05, 0.1) is 5.56 Å². The van der Waals surface area contributed by atoms with Crippen LogP contribution in [0.15, 0.2) is 48.5 Å². The van der Waals surface area contributed by atoms with Crippen molar-refractivity contribution in [3.8, 4) is 11.5 Å². The fourth-order valence-corrected chi connectivity index (χ4v) is 5.11. The Morgan fingerprint density at radius 3 is 1.70 bits per heavy atom. The minimum absolute atomic E-state index is 0.122. The van der Waals surface area contributed by atoms with E-state index in [1.807, 2.05) is 36.4 Å². The van der Waals surface area contributed by atoms with Gasteiger partial charge in [-0.15, -0.1) is 0 Å². The van der Waals surface area contributed by atoms with E-state index in [9.17, 15) is 30.0 Å². The molecule has 0 spiro atoms. The monoisotopic (exact) mass is 499 g/mol. The van der Waals surface area contributed by atoms with Gasteiger partial charge in [0.15, 0.2) is 0 Å². The van der Waals surface area contributed by atoms with Gasteiger partial charge in [0.1, 0.15) is 11.3 Å². The van der Waals surface area contributed by atoms with E-state index in [1.54, 1.807) is 0 Å². The molecular formula is C31H31O6-. The molecule has 6 heteroatoms. The van der Waals surface area contributed by atoms with Gasteiger partial charge in [0, 0.05) is 6.42 Å². The first-order valence-electron chi connectivity index (χ1n) is 12.7. The van der Waals surface area contributed by atoms with E-state index in [4.69, 9.17) is 0 Å². The summed E-state index contributed by atoms with van der Waals surface area (Å²) < 4.78 is 0. The van der Waals surface area contributed by atoms with Crippen molar-refractivity contribution >= 4 is 33.5 Å². The lowest BCUT2D eigenvalue weighted by atomic mass is 9.87. The van der Waals surface area contributed by atoms with Crippen molar-refractivity contribution < 1.29 is 30.0 Å². The van der Waals surface area contributed by atoms with Gasteiger partial charge in [0.25, 0.3) is 0 Å². The van der Waals surface area contributed by atoms with Gasteiger partial charge >= 0.3 is 11.9 Å². The number of aromatic hydroxyl groups is 1. The van der Waals surface area contributed by atoms with Crippen LogP contribution in [0.5, 0.6) is 11.5 Å². The molecule has 0 aromatic heterocycles. The number of carboxylic acids is 2. The van der Waals surface area contributed by atoms with Crippen LogP contribution in [0.2, 0.25) is 0 Å². The topological polar surface area (TPSA) is 118 Å². The molecule has 0 unspecified atom stereocenters. The van der Waals surface area contributed by atoms with Crippen LogP contribution in [0.4, 0.5) is 0 Å². The van der Waals surface area contributed by atoms with Gasteiger partial charge in [-0.1, -0.05) is 74.9 Å². The van der Waals surface area contributed by atoms with Crippen LogP contribution < -0.4 is 5.11 Å². The Labute approximate surface area is 215 Å². The summed E-state index contributed by atoms with van der Waals surface area (Å²) in [6.45, 7) is 4.20. The van der Waals surface area contributed by atoms with Crippen molar-refractivity contribution in [3.05, 3.63) is 81.9 Å². The minimum Gasteiger partial charge on any atom is -0.872 e. The molecule has 0 atom stereocenters. The molecule has 0 amide bonds. The third-order valence-corrected chi connectivity index (χ3v) is 6.99. The average Bonchev–Trinajstić information content (AvgIpc) is 2.85. The Balaban J connectivity index is 1.97. The number of aryl methyl sites for hydroxylation is 2. The molecule has 4 aromatic carbocycles. The van der Waals surface area contributed by atoms with Crippen LogP contribution >= 0.6 is 0 Å². The molecule has 37 heavy (non-hydrogen) atoms. The van der Waals surface area contributed by atoms with Crippen molar-refractivity contribution in [2.24, 2.45) is 0 Å². The van der Waals surface area contributed by atoms with Crippen molar-refractivity contribution in [1.29, 1.82) is 0 Å². The number of aromatic carboxylic acids is 2. The standard InChI is InChI=1S/C31H32O6/c1-3-5-7-18-9-11-22-20(13-18)15-26(32)28(30(34)35)24(22)17-25-23-12-10-19(8-6-4-2)14-21(23)16-27(33)29(25)31(36)37/h9-16,32-33H,3-8,17H2,1-2H3,(H,34,35)(H,36,37)/p-1.